The average Bonchev–Trinajstić information content (AvgIpc) is 3.02. The molecule has 0 fully saturated rings. The number of benzene rings is 2. The average molecular weight is 308 g/mol. The maximum atomic E-state index is 9.99. The summed E-state index contributed by atoms with van der Waals surface area (Å²) < 4.78 is 0. The quantitative estimate of drug-likeness (QED) is 0.884. The minimum Gasteiger partial charge on any atom is -0.394 e. The third-order valence-electron chi connectivity index (χ3n) is 4.43. The van der Waals surface area contributed by atoms with E-state index in [0.717, 1.165) is 30.7 Å². The van der Waals surface area contributed by atoms with E-state index in [0.29, 0.717) is 0 Å². The van der Waals surface area contributed by atoms with Crippen LogP contribution in [0.15, 0.2) is 65.7 Å². The van der Waals surface area contributed by atoms with Gasteiger partial charge in [-0.2, -0.15) is 0 Å². The molecule has 2 atom stereocenters. The summed E-state index contributed by atoms with van der Waals surface area (Å²) >= 11 is 0. The van der Waals surface area contributed by atoms with Gasteiger partial charge in [0.2, 0.25) is 0 Å². The first-order valence-corrected chi connectivity index (χ1v) is 8.37. The van der Waals surface area contributed by atoms with Gasteiger partial charge in [-0.05, 0) is 17.5 Å². The number of hydrogen-bond acceptors (Lipinski definition) is 3. The number of aliphatic hydroxyl groups is 1. The van der Waals surface area contributed by atoms with E-state index in [-0.39, 0.29) is 18.8 Å². The molecule has 2 aromatic rings. The molecule has 3 nitrogen and oxygen atoms in total. The van der Waals surface area contributed by atoms with Crippen LogP contribution in [0.4, 0.5) is 0 Å². The minimum atomic E-state index is -0.00212. The smallest absolute Gasteiger partial charge is 0.103 e. The lowest BCUT2D eigenvalue weighted by molar-refractivity contribution is 0.107. The second-order valence-corrected chi connectivity index (χ2v) is 5.99. The predicted molar refractivity (Wildman–Crippen MR) is 94.6 cm³/mol. The lowest BCUT2D eigenvalue weighted by atomic mass is 10.0. The fraction of sp³-hybridized carbons (Fsp3) is 0.350. The van der Waals surface area contributed by atoms with Crippen molar-refractivity contribution in [2.45, 2.75) is 32.0 Å². The molecule has 0 amide bonds. The van der Waals surface area contributed by atoms with Crippen molar-refractivity contribution in [1.29, 1.82) is 0 Å². The number of nitrogens with zero attached hydrogens (tertiary/aromatic N) is 2. The van der Waals surface area contributed by atoms with Crippen molar-refractivity contribution in [3.63, 3.8) is 0 Å². The molecule has 0 aromatic heterocycles. The summed E-state index contributed by atoms with van der Waals surface area (Å²) in [6.45, 7) is 3.08. The topological polar surface area (TPSA) is 35.8 Å². The Morgan fingerprint density at radius 3 is 2.35 bits per heavy atom. The molecular weight excluding hydrogens is 284 g/mol. The molecule has 0 unspecified atom stereocenters. The van der Waals surface area contributed by atoms with Gasteiger partial charge < -0.3 is 5.11 Å². The van der Waals surface area contributed by atoms with Crippen molar-refractivity contribution >= 4 is 5.71 Å². The van der Waals surface area contributed by atoms with Gasteiger partial charge in [-0.1, -0.05) is 74.0 Å². The Balaban J connectivity index is 1.87. The number of rotatable bonds is 6. The highest BCUT2D eigenvalue weighted by Gasteiger charge is 2.32. The van der Waals surface area contributed by atoms with Crippen LogP contribution in [0, 0.1) is 0 Å². The maximum absolute atomic E-state index is 9.99. The van der Waals surface area contributed by atoms with E-state index in [4.69, 9.17) is 4.99 Å². The SMILES string of the molecule is CCC[C@@H]1N=C(c2ccccc2)CN1[C@@H](CO)c1ccccc1. The zero-order valence-electron chi connectivity index (χ0n) is 13.6. The summed E-state index contributed by atoms with van der Waals surface area (Å²) in [5, 5.41) is 9.99. The van der Waals surface area contributed by atoms with Gasteiger partial charge in [0.25, 0.3) is 0 Å². The molecule has 0 saturated carbocycles. The maximum Gasteiger partial charge on any atom is 0.103 e. The van der Waals surface area contributed by atoms with Gasteiger partial charge in [-0.3, -0.25) is 9.89 Å². The van der Waals surface area contributed by atoms with Crippen LogP contribution in [0.3, 0.4) is 0 Å². The zero-order valence-corrected chi connectivity index (χ0v) is 13.6. The molecule has 0 bridgehead atoms. The largest absolute Gasteiger partial charge is 0.394 e. The van der Waals surface area contributed by atoms with Gasteiger partial charge >= 0.3 is 0 Å². The molecule has 1 aliphatic rings. The van der Waals surface area contributed by atoms with Gasteiger partial charge in [-0.25, -0.2) is 0 Å². The standard InChI is InChI=1S/C20H24N2O/c1-2-9-20-21-18(16-10-5-3-6-11-16)14-22(20)19(15-23)17-12-7-4-8-13-17/h3-8,10-13,19-20,23H,2,9,14-15H2,1H3/t19-,20+/m0/s1. The van der Waals surface area contributed by atoms with Crippen LogP contribution in [-0.4, -0.2) is 35.0 Å². The fourth-order valence-corrected chi connectivity index (χ4v) is 3.25. The highest BCUT2D eigenvalue weighted by molar-refractivity contribution is 6.03. The minimum absolute atomic E-state index is 0.00212. The van der Waals surface area contributed by atoms with Crippen molar-refractivity contribution in [3.05, 3.63) is 71.8 Å². The molecule has 1 aliphatic heterocycles. The van der Waals surface area contributed by atoms with Crippen molar-refractivity contribution in [3.8, 4) is 0 Å². The van der Waals surface area contributed by atoms with Gasteiger partial charge in [0.05, 0.1) is 18.4 Å². The van der Waals surface area contributed by atoms with E-state index < -0.39 is 0 Å². The van der Waals surface area contributed by atoms with Crippen LogP contribution in [-0.2, 0) is 0 Å². The molecule has 3 heteroatoms. The first kappa shape index (κ1) is 15.9. The van der Waals surface area contributed by atoms with E-state index in [2.05, 4.69) is 48.2 Å². The lowest BCUT2D eigenvalue weighted by Crippen LogP contribution is -2.37. The van der Waals surface area contributed by atoms with Gasteiger partial charge in [0.15, 0.2) is 0 Å². The highest BCUT2D eigenvalue weighted by Crippen LogP contribution is 2.29. The first-order valence-electron chi connectivity index (χ1n) is 8.37. The van der Waals surface area contributed by atoms with Crippen LogP contribution in [0.25, 0.3) is 0 Å². The summed E-state index contributed by atoms with van der Waals surface area (Å²) in [6, 6.07) is 20.6. The van der Waals surface area contributed by atoms with E-state index in [1.54, 1.807) is 0 Å². The molecule has 0 saturated heterocycles. The lowest BCUT2D eigenvalue weighted by Gasteiger charge is -2.31. The molecule has 0 radical (unpaired) electrons. The Morgan fingerprint density at radius 2 is 1.74 bits per heavy atom. The van der Waals surface area contributed by atoms with Gasteiger partial charge in [-0.15, -0.1) is 0 Å². The predicted octanol–water partition coefficient (Wildman–Crippen LogP) is 3.65. The summed E-state index contributed by atoms with van der Waals surface area (Å²) in [5.41, 5.74) is 3.46. The summed E-state index contributed by atoms with van der Waals surface area (Å²) in [7, 11) is 0. The van der Waals surface area contributed by atoms with E-state index in [1.165, 1.54) is 5.56 Å². The molecular formula is C20H24N2O. The van der Waals surface area contributed by atoms with Crippen LogP contribution in [0.1, 0.15) is 36.9 Å². The monoisotopic (exact) mass is 308 g/mol. The molecule has 2 aromatic carbocycles. The van der Waals surface area contributed by atoms with E-state index >= 15 is 0 Å². The highest BCUT2D eigenvalue weighted by atomic mass is 16.3. The molecule has 1 N–H and O–H groups in total. The second-order valence-electron chi connectivity index (χ2n) is 5.99. The van der Waals surface area contributed by atoms with Crippen LogP contribution in [0.5, 0.6) is 0 Å². The van der Waals surface area contributed by atoms with E-state index in [1.807, 2.05) is 24.3 Å². The van der Waals surface area contributed by atoms with Gasteiger partial charge in [0.1, 0.15) is 6.17 Å². The summed E-state index contributed by atoms with van der Waals surface area (Å²) in [5.74, 6) is 0. The molecule has 23 heavy (non-hydrogen) atoms. The Morgan fingerprint density at radius 1 is 1.09 bits per heavy atom. The fourth-order valence-electron chi connectivity index (χ4n) is 3.25. The third kappa shape index (κ3) is 3.52. The normalized spacial score (nSPS) is 19.6. The molecule has 1 heterocycles. The van der Waals surface area contributed by atoms with Crippen molar-refractivity contribution in [2.24, 2.45) is 4.99 Å². The van der Waals surface area contributed by atoms with Crippen LogP contribution >= 0.6 is 0 Å². The zero-order chi connectivity index (χ0) is 16.1. The molecule has 0 aliphatic carbocycles. The number of aliphatic imine (C=N–C) groups is 1. The van der Waals surface area contributed by atoms with Crippen molar-refractivity contribution in [2.75, 3.05) is 13.2 Å². The Hall–Kier alpha value is -1.97. The Kier molecular flexibility index (Phi) is 5.21. The number of hydrogen-bond donors (Lipinski definition) is 1. The van der Waals surface area contributed by atoms with Crippen LogP contribution in [0.2, 0.25) is 0 Å². The molecule has 3 rings (SSSR count). The van der Waals surface area contributed by atoms with E-state index in [9.17, 15) is 5.11 Å². The van der Waals surface area contributed by atoms with Crippen molar-refractivity contribution < 1.29 is 5.11 Å². The second kappa shape index (κ2) is 7.53. The van der Waals surface area contributed by atoms with Gasteiger partial charge in [0, 0.05) is 6.54 Å². The first-order chi connectivity index (χ1) is 11.3. The summed E-state index contributed by atoms with van der Waals surface area (Å²) in [4.78, 5) is 7.29. The Labute approximate surface area is 138 Å². The number of aliphatic hydroxyl groups excluding tert-OH is 1. The molecule has 120 valence electrons. The van der Waals surface area contributed by atoms with Crippen LogP contribution < -0.4 is 0 Å². The Bertz CT molecular complexity index is 639. The summed E-state index contributed by atoms with van der Waals surface area (Å²) in [6.07, 6.45) is 2.24. The third-order valence-corrected chi connectivity index (χ3v) is 4.43. The molecule has 0 spiro atoms. The van der Waals surface area contributed by atoms with Crippen molar-refractivity contribution in [1.82, 2.24) is 4.90 Å².